The van der Waals surface area contributed by atoms with Gasteiger partial charge in [-0.25, -0.2) is 9.78 Å². The Morgan fingerprint density at radius 3 is 2.32 bits per heavy atom. The van der Waals surface area contributed by atoms with Gasteiger partial charge in [0.1, 0.15) is 5.75 Å². The van der Waals surface area contributed by atoms with E-state index in [4.69, 9.17) is 26.2 Å². The third-order valence-electron chi connectivity index (χ3n) is 4.33. The lowest BCUT2D eigenvalue weighted by molar-refractivity contribution is -0.192. The number of alkyl halides is 3. The molecule has 0 radical (unpaired) electrons. The number of carboxylic acid groups (broad SMARTS) is 1. The quantitative estimate of drug-likeness (QED) is 0.507. The number of nitrogens with zero attached hydrogens (tertiary/aromatic N) is 2. The van der Waals surface area contributed by atoms with Gasteiger partial charge in [0.15, 0.2) is 0 Å². The number of aromatic nitrogens is 2. The number of halogens is 4. The predicted molar refractivity (Wildman–Crippen MR) is 112 cm³/mol. The second kappa shape index (κ2) is 10.9. The first kappa shape index (κ1) is 24.3. The minimum Gasteiger partial charge on any atom is -0.496 e. The van der Waals surface area contributed by atoms with Gasteiger partial charge < -0.3 is 14.4 Å². The highest BCUT2D eigenvalue weighted by Crippen LogP contribution is 2.27. The molecule has 0 fully saturated rings. The minimum atomic E-state index is -5.08. The van der Waals surface area contributed by atoms with Gasteiger partial charge >= 0.3 is 12.1 Å². The molecule has 31 heavy (non-hydrogen) atoms. The molecule has 166 valence electrons. The molecule has 9 heteroatoms. The lowest BCUT2D eigenvalue weighted by Gasteiger charge is -2.12. The number of imidazole rings is 1. The Labute approximate surface area is 183 Å². The molecule has 0 unspecified atom stereocenters. The van der Waals surface area contributed by atoms with E-state index in [0.717, 1.165) is 47.0 Å². The number of carbonyl (C=O) groups is 1. The van der Waals surface area contributed by atoms with E-state index in [1.807, 2.05) is 48.8 Å². The van der Waals surface area contributed by atoms with Gasteiger partial charge in [-0.05, 0) is 24.6 Å². The van der Waals surface area contributed by atoms with Crippen LogP contribution in [0, 0.1) is 0 Å². The maximum absolute atomic E-state index is 10.6. The third-order valence-corrected chi connectivity index (χ3v) is 4.58. The average molecular weight is 455 g/mol. The molecule has 0 spiro atoms. The molecule has 3 aromatic rings. The Morgan fingerprint density at radius 1 is 1.16 bits per heavy atom. The lowest BCUT2D eigenvalue weighted by atomic mass is 10.1. The number of ether oxygens (including phenoxy) is 1. The van der Waals surface area contributed by atoms with Crippen molar-refractivity contribution >= 4 is 17.6 Å². The summed E-state index contributed by atoms with van der Waals surface area (Å²) in [4.78, 5) is 13.6. The van der Waals surface area contributed by atoms with Crippen LogP contribution in [0.25, 0.3) is 11.3 Å². The number of methoxy groups -OCH3 is 1. The fraction of sp³-hybridized carbons (Fsp3) is 0.273. The van der Waals surface area contributed by atoms with Crippen molar-refractivity contribution in [1.82, 2.24) is 9.55 Å². The summed E-state index contributed by atoms with van der Waals surface area (Å²) in [6, 6.07) is 16.0. The summed E-state index contributed by atoms with van der Waals surface area (Å²) in [6.07, 6.45) is -1.12. The van der Waals surface area contributed by atoms with Gasteiger partial charge in [-0.1, -0.05) is 55.3 Å². The van der Waals surface area contributed by atoms with Gasteiger partial charge in [0.2, 0.25) is 0 Å². The van der Waals surface area contributed by atoms with Crippen molar-refractivity contribution in [3.05, 3.63) is 71.1 Å². The zero-order chi connectivity index (χ0) is 23.0. The van der Waals surface area contributed by atoms with Crippen LogP contribution < -0.4 is 4.74 Å². The minimum absolute atomic E-state index is 0.740. The van der Waals surface area contributed by atoms with Gasteiger partial charge in [0, 0.05) is 21.8 Å². The summed E-state index contributed by atoms with van der Waals surface area (Å²) < 4.78 is 39.4. The normalized spacial score (nSPS) is 10.9. The van der Waals surface area contributed by atoms with Crippen molar-refractivity contribution < 1.29 is 27.8 Å². The predicted octanol–water partition coefficient (Wildman–Crippen LogP) is 5.85. The molecular weight excluding hydrogens is 433 g/mol. The van der Waals surface area contributed by atoms with Gasteiger partial charge in [0.05, 0.1) is 25.7 Å². The average Bonchev–Trinajstić information content (AvgIpc) is 3.11. The highest BCUT2D eigenvalue weighted by atomic mass is 35.5. The maximum atomic E-state index is 10.6. The van der Waals surface area contributed by atoms with E-state index >= 15 is 0 Å². The summed E-state index contributed by atoms with van der Waals surface area (Å²) in [5.74, 6) is -1.85. The summed E-state index contributed by atoms with van der Waals surface area (Å²) in [5, 5.41) is 7.87. The van der Waals surface area contributed by atoms with Crippen LogP contribution in [0.2, 0.25) is 5.02 Å². The maximum Gasteiger partial charge on any atom is 0.490 e. The Hall–Kier alpha value is -3.00. The fourth-order valence-electron chi connectivity index (χ4n) is 2.91. The second-order valence-corrected chi connectivity index (χ2v) is 6.98. The van der Waals surface area contributed by atoms with Crippen LogP contribution in [-0.2, 0) is 17.8 Å². The van der Waals surface area contributed by atoms with Crippen molar-refractivity contribution in [2.24, 2.45) is 0 Å². The van der Waals surface area contributed by atoms with Crippen molar-refractivity contribution in [3.8, 4) is 17.0 Å². The number of benzene rings is 2. The highest BCUT2D eigenvalue weighted by Gasteiger charge is 2.38. The smallest absolute Gasteiger partial charge is 0.490 e. The van der Waals surface area contributed by atoms with Crippen LogP contribution in [0.4, 0.5) is 13.2 Å². The first-order chi connectivity index (χ1) is 14.7. The van der Waals surface area contributed by atoms with Gasteiger partial charge in [-0.3, -0.25) is 0 Å². The molecule has 0 saturated carbocycles. The van der Waals surface area contributed by atoms with Crippen LogP contribution in [0.1, 0.15) is 24.6 Å². The molecule has 0 atom stereocenters. The van der Waals surface area contributed by atoms with Crippen LogP contribution in [0.5, 0.6) is 5.75 Å². The zero-order valence-corrected chi connectivity index (χ0v) is 17.7. The largest absolute Gasteiger partial charge is 0.496 e. The molecule has 0 aliphatic heterocycles. The molecule has 3 rings (SSSR count). The second-order valence-electron chi connectivity index (χ2n) is 6.54. The highest BCUT2D eigenvalue weighted by molar-refractivity contribution is 6.30. The number of rotatable bonds is 6. The summed E-state index contributed by atoms with van der Waals surface area (Å²) in [6.45, 7) is 2.94. The molecule has 1 aromatic heterocycles. The number of hydrogen-bond donors (Lipinski definition) is 1. The molecule has 0 aliphatic rings. The van der Waals surface area contributed by atoms with Crippen LogP contribution >= 0.6 is 11.6 Å². The molecule has 0 saturated heterocycles. The monoisotopic (exact) mass is 454 g/mol. The van der Waals surface area contributed by atoms with Crippen molar-refractivity contribution in [3.63, 3.8) is 0 Å². The van der Waals surface area contributed by atoms with E-state index in [0.29, 0.717) is 0 Å². The van der Waals surface area contributed by atoms with Gasteiger partial charge in [0.25, 0.3) is 0 Å². The first-order valence-electron chi connectivity index (χ1n) is 9.39. The molecule has 2 aromatic carbocycles. The fourth-order valence-corrected chi connectivity index (χ4v) is 3.03. The first-order valence-corrected chi connectivity index (χ1v) is 9.77. The number of aliphatic carboxylic acids is 1. The molecule has 0 aliphatic carbocycles. The zero-order valence-electron chi connectivity index (χ0n) is 17.0. The molecule has 5 nitrogen and oxygen atoms in total. The number of hydrogen-bond acceptors (Lipinski definition) is 3. The molecule has 1 N–H and O–H groups in total. The Bertz CT molecular complexity index is 1000. The number of para-hydroxylation sites is 1. The van der Waals surface area contributed by atoms with Crippen molar-refractivity contribution in [2.75, 3.05) is 7.11 Å². The van der Waals surface area contributed by atoms with E-state index in [9.17, 15) is 13.2 Å². The Kier molecular flexibility index (Phi) is 8.50. The van der Waals surface area contributed by atoms with Crippen molar-refractivity contribution in [1.29, 1.82) is 0 Å². The van der Waals surface area contributed by atoms with E-state index in [-0.39, 0.29) is 0 Å². The topological polar surface area (TPSA) is 64.4 Å². The third kappa shape index (κ3) is 6.75. The summed E-state index contributed by atoms with van der Waals surface area (Å²) in [7, 11) is 1.71. The van der Waals surface area contributed by atoms with Crippen molar-refractivity contribution in [2.45, 2.75) is 32.5 Å². The number of carboxylic acids is 1. The van der Waals surface area contributed by atoms with E-state index in [1.54, 1.807) is 7.11 Å². The van der Waals surface area contributed by atoms with Crippen LogP contribution in [-0.4, -0.2) is 33.9 Å². The Balaban J connectivity index is 0.000000423. The lowest BCUT2D eigenvalue weighted by Crippen LogP contribution is -2.21. The van der Waals surface area contributed by atoms with E-state index < -0.39 is 12.1 Å². The molecule has 0 amide bonds. The van der Waals surface area contributed by atoms with E-state index in [2.05, 4.69) is 22.5 Å². The molecule has 0 bridgehead atoms. The molecule has 1 heterocycles. The SMILES string of the molecule is CCCc1c(-c2ccc(Cl)cc2)ncn1Cc1ccccc1OC.O=C(O)C(F)(F)F. The van der Waals surface area contributed by atoms with Gasteiger partial charge in [-0.2, -0.15) is 13.2 Å². The molecular formula is C22H22ClF3N2O3. The van der Waals surface area contributed by atoms with Crippen LogP contribution in [0.15, 0.2) is 54.9 Å². The summed E-state index contributed by atoms with van der Waals surface area (Å²) in [5.41, 5.74) is 4.52. The summed E-state index contributed by atoms with van der Waals surface area (Å²) >= 11 is 6.01. The Morgan fingerprint density at radius 2 is 1.77 bits per heavy atom. The standard InChI is InChI=1S/C20H21ClN2O.C2HF3O2/c1-3-6-18-20(15-9-11-17(21)12-10-15)22-14-23(18)13-16-7-4-5-8-19(16)24-2;3-2(4,5)1(6)7/h4-5,7-12,14H,3,6,13H2,1-2H3;(H,6,7). The van der Waals surface area contributed by atoms with Gasteiger partial charge in [-0.15, -0.1) is 0 Å². The van der Waals surface area contributed by atoms with E-state index in [1.165, 1.54) is 5.69 Å². The van der Waals surface area contributed by atoms with Crippen LogP contribution in [0.3, 0.4) is 0 Å².